The van der Waals surface area contributed by atoms with Gasteiger partial charge in [0, 0.05) is 25.2 Å². The number of likely N-dealkylation sites (tertiary alicyclic amines) is 3. The normalized spacial score (nSPS) is 26.0. The van der Waals surface area contributed by atoms with Crippen molar-refractivity contribution in [2.45, 2.75) is 57.0 Å². The second-order valence-electron chi connectivity index (χ2n) is 9.66. The van der Waals surface area contributed by atoms with E-state index in [1.165, 1.54) is 64.0 Å². The van der Waals surface area contributed by atoms with Crippen molar-refractivity contribution in [2.75, 3.05) is 52.9 Å². The number of rotatable bonds is 6. The first kappa shape index (κ1) is 21.8. The van der Waals surface area contributed by atoms with Crippen LogP contribution in [0.1, 0.15) is 44.1 Å². The third-order valence-electron chi connectivity index (χ3n) is 7.60. The fourth-order valence-electron chi connectivity index (χ4n) is 5.65. The van der Waals surface area contributed by atoms with Crippen LogP contribution in [-0.2, 0) is 11.2 Å². The minimum atomic E-state index is 0.168. The Labute approximate surface area is 182 Å². The van der Waals surface area contributed by atoms with Gasteiger partial charge in [0.2, 0.25) is 5.91 Å². The summed E-state index contributed by atoms with van der Waals surface area (Å²) in [7, 11) is 2.24. The maximum absolute atomic E-state index is 12.8. The van der Waals surface area contributed by atoms with E-state index >= 15 is 0 Å². The molecule has 3 fully saturated rings. The molecule has 0 bridgehead atoms. The molecule has 3 saturated heterocycles. The molecular formula is C25H40N4O. The number of piperidine rings is 3. The van der Waals surface area contributed by atoms with Crippen LogP contribution in [-0.4, -0.2) is 85.6 Å². The SMILES string of the molecule is CN1CCC(N2CCC(N3CCC[C@@H](C(=O)NCCc4ccccc4)C3)CC2)CC1. The van der Waals surface area contributed by atoms with E-state index in [0.29, 0.717) is 6.04 Å². The predicted octanol–water partition coefficient (Wildman–Crippen LogP) is 2.62. The maximum atomic E-state index is 12.8. The highest BCUT2D eigenvalue weighted by Crippen LogP contribution is 2.26. The van der Waals surface area contributed by atoms with Crippen LogP contribution in [0.3, 0.4) is 0 Å². The van der Waals surface area contributed by atoms with Gasteiger partial charge in [0.15, 0.2) is 0 Å². The van der Waals surface area contributed by atoms with E-state index in [2.05, 4.69) is 51.3 Å². The van der Waals surface area contributed by atoms with Crippen molar-refractivity contribution in [1.29, 1.82) is 0 Å². The zero-order chi connectivity index (χ0) is 20.8. The molecule has 5 heteroatoms. The van der Waals surface area contributed by atoms with Gasteiger partial charge in [0.25, 0.3) is 0 Å². The van der Waals surface area contributed by atoms with E-state index in [9.17, 15) is 4.79 Å². The summed E-state index contributed by atoms with van der Waals surface area (Å²) in [6.07, 6.45) is 8.32. The fraction of sp³-hybridized carbons (Fsp3) is 0.720. The minimum absolute atomic E-state index is 0.168. The molecule has 166 valence electrons. The second-order valence-corrected chi connectivity index (χ2v) is 9.66. The summed E-state index contributed by atoms with van der Waals surface area (Å²) in [6.45, 7) is 7.85. The van der Waals surface area contributed by atoms with Gasteiger partial charge in [-0.3, -0.25) is 9.69 Å². The van der Waals surface area contributed by atoms with E-state index in [1.54, 1.807) is 0 Å². The van der Waals surface area contributed by atoms with Crippen LogP contribution in [0.4, 0.5) is 0 Å². The number of hydrogen-bond donors (Lipinski definition) is 1. The lowest BCUT2D eigenvalue weighted by molar-refractivity contribution is -0.127. The van der Waals surface area contributed by atoms with Crippen molar-refractivity contribution in [2.24, 2.45) is 5.92 Å². The van der Waals surface area contributed by atoms with Crippen molar-refractivity contribution in [1.82, 2.24) is 20.0 Å². The van der Waals surface area contributed by atoms with Crippen LogP contribution in [0.25, 0.3) is 0 Å². The highest BCUT2D eigenvalue weighted by Gasteiger charge is 2.33. The van der Waals surface area contributed by atoms with Crippen molar-refractivity contribution in [3.8, 4) is 0 Å². The first-order chi connectivity index (χ1) is 14.7. The Kier molecular flexibility index (Phi) is 7.80. The molecule has 0 spiro atoms. The second kappa shape index (κ2) is 10.7. The Morgan fingerprint density at radius 1 is 0.900 bits per heavy atom. The molecule has 0 unspecified atom stereocenters. The predicted molar refractivity (Wildman–Crippen MR) is 123 cm³/mol. The zero-order valence-corrected chi connectivity index (χ0v) is 18.8. The lowest BCUT2D eigenvalue weighted by Gasteiger charge is -2.45. The molecule has 0 aromatic heterocycles. The molecule has 4 rings (SSSR count). The average molecular weight is 413 g/mol. The topological polar surface area (TPSA) is 38.8 Å². The molecule has 0 aliphatic carbocycles. The molecule has 1 aromatic rings. The minimum Gasteiger partial charge on any atom is -0.355 e. The fourth-order valence-corrected chi connectivity index (χ4v) is 5.65. The number of nitrogens with zero attached hydrogens (tertiary/aromatic N) is 3. The van der Waals surface area contributed by atoms with Crippen molar-refractivity contribution < 1.29 is 4.79 Å². The summed E-state index contributed by atoms with van der Waals surface area (Å²) in [6, 6.07) is 11.9. The molecule has 1 N–H and O–H groups in total. The van der Waals surface area contributed by atoms with Gasteiger partial charge in [-0.2, -0.15) is 0 Å². The standard InChI is InChI=1S/C25H40N4O/c1-27-16-10-23(11-17-27)28-18-12-24(13-19-28)29-15-5-8-22(20-29)25(30)26-14-9-21-6-3-2-4-7-21/h2-4,6-7,22-24H,5,8-20H2,1H3,(H,26,30)/t22-/m1/s1. The lowest BCUT2D eigenvalue weighted by atomic mass is 9.92. The number of benzene rings is 1. The van der Waals surface area contributed by atoms with E-state index in [0.717, 1.165) is 38.4 Å². The molecule has 3 aliphatic heterocycles. The van der Waals surface area contributed by atoms with E-state index in [-0.39, 0.29) is 11.8 Å². The van der Waals surface area contributed by atoms with Crippen LogP contribution < -0.4 is 5.32 Å². The maximum Gasteiger partial charge on any atom is 0.224 e. The molecule has 5 nitrogen and oxygen atoms in total. The Bertz CT molecular complexity index is 650. The third kappa shape index (κ3) is 5.83. The Hall–Kier alpha value is -1.43. The summed E-state index contributed by atoms with van der Waals surface area (Å²) >= 11 is 0. The van der Waals surface area contributed by atoms with Gasteiger partial charge in [-0.15, -0.1) is 0 Å². The highest BCUT2D eigenvalue weighted by atomic mass is 16.1. The van der Waals surface area contributed by atoms with Crippen molar-refractivity contribution in [3.05, 3.63) is 35.9 Å². The quantitative estimate of drug-likeness (QED) is 0.780. The van der Waals surface area contributed by atoms with Gasteiger partial charge in [-0.25, -0.2) is 0 Å². The Morgan fingerprint density at radius 3 is 2.30 bits per heavy atom. The number of hydrogen-bond acceptors (Lipinski definition) is 4. The molecular weight excluding hydrogens is 372 g/mol. The monoisotopic (exact) mass is 412 g/mol. The Morgan fingerprint density at radius 2 is 1.57 bits per heavy atom. The summed E-state index contributed by atoms with van der Waals surface area (Å²) in [4.78, 5) is 20.6. The number of nitrogens with one attached hydrogen (secondary N) is 1. The lowest BCUT2D eigenvalue weighted by Crippen LogP contribution is -2.53. The summed E-state index contributed by atoms with van der Waals surface area (Å²) in [5, 5.41) is 3.20. The van der Waals surface area contributed by atoms with Crippen LogP contribution >= 0.6 is 0 Å². The van der Waals surface area contributed by atoms with E-state index < -0.39 is 0 Å². The number of amides is 1. The van der Waals surface area contributed by atoms with Gasteiger partial charge >= 0.3 is 0 Å². The van der Waals surface area contributed by atoms with Gasteiger partial charge in [-0.05, 0) is 90.3 Å². The molecule has 3 aliphatic rings. The molecule has 0 radical (unpaired) electrons. The average Bonchev–Trinajstić information content (AvgIpc) is 2.80. The van der Waals surface area contributed by atoms with Gasteiger partial charge in [0.05, 0.1) is 5.92 Å². The van der Waals surface area contributed by atoms with Gasteiger partial charge in [0.1, 0.15) is 0 Å². The first-order valence-electron chi connectivity index (χ1n) is 12.2. The first-order valence-corrected chi connectivity index (χ1v) is 12.2. The Balaban J connectivity index is 1.19. The smallest absolute Gasteiger partial charge is 0.224 e. The summed E-state index contributed by atoms with van der Waals surface area (Å²) in [5.41, 5.74) is 1.29. The van der Waals surface area contributed by atoms with Gasteiger partial charge in [-0.1, -0.05) is 30.3 Å². The summed E-state index contributed by atoms with van der Waals surface area (Å²) in [5.74, 6) is 0.431. The third-order valence-corrected chi connectivity index (χ3v) is 7.60. The van der Waals surface area contributed by atoms with Crippen LogP contribution in [0.15, 0.2) is 30.3 Å². The molecule has 30 heavy (non-hydrogen) atoms. The molecule has 1 aromatic carbocycles. The molecule has 1 atom stereocenters. The molecule has 1 amide bonds. The van der Waals surface area contributed by atoms with E-state index in [4.69, 9.17) is 0 Å². The summed E-state index contributed by atoms with van der Waals surface area (Å²) < 4.78 is 0. The van der Waals surface area contributed by atoms with Crippen molar-refractivity contribution in [3.63, 3.8) is 0 Å². The van der Waals surface area contributed by atoms with Crippen LogP contribution in [0.5, 0.6) is 0 Å². The number of carbonyl (C=O) groups excluding carboxylic acids is 1. The van der Waals surface area contributed by atoms with Crippen LogP contribution in [0.2, 0.25) is 0 Å². The van der Waals surface area contributed by atoms with Crippen LogP contribution in [0, 0.1) is 5.92 Å². The van der Waals surface area contributed by atoms with Gasteiger partial charge < -0.3 is 15.1 Å². The largest absolute Gasteiger partial charge is 0.355 e. The number of carbonyl (C=O) groups is 1. The van der Waals surface area contributed by atoms with Crippen molar-refractivity contribution >= 4 is 5.91 Å². The molecule has 3 heterocycles. The highest BCUT2D eigenvalue weighted by molar-refractivity contribution is 5.79. The molecule has 0 saturated carbocycles. The van der Waals surface area contributed by atoms with E-state index in [1.807, 2.05) is 6.07 Å². The zero-order valence-electron chi connectivity index (χ0n) is 18.8.